The van der Waals surface area contributed by atoms with Crippen LogP contribution in [0.1, 0.15) is 31.1 Å². The normalized spacial score (nSPS) is 11.2. The van der Waals surface area contributed by atoms with Crippen LogP contribution < -0.4 is 28.5 Å². The summed E-state index contributed by atoms with van der Waals surface area (Å²) in [6.45, 7) is 7.06. The molecule has 9 heteroatoms. The molecule has 2 aromatic carbocycles. The summed E-state index contributed by atoms with van der Waals surface area (Å²) in [5.74, 6) is 4.63. The molecule has 0 fully saturated rings. The number of carbonyl (C=O) groups is 1. The van der Waals surface area contributed by atoms with Gasteiger partial charge < -0.3 is 28.3 Å². The predicted octanol–water partition coefficient (Wildman–Crippen LogP) is 4.29. The van der Waals surface area contributed by atoms with Gasteiger partial charge in [-0.15, -0.1) is 6.42 Å². The summed E-state index contributed by atoms with van der Waals surface area (Å²) >= 11 is 1.33. The van der Waals surface area contributed by atoms with E-state index in [1.54, 1.807) is 30.9 Å². The summed E-state index contributed by atoms with van der Waals surface area (Å²) in [5.41, 5.74) is 1.11. The van der Waals surface area contributed by atoms with Gasteiger partial charge in [0.2, 0.25) is 5.75 Å². The Balaban J connectivity index is 2.17. The molecule has 0 aliphatic rings. The number of nitrogens with zero attached hydrogens (tertiary/aromatic N) is 2. The van der Waals surface area contributed by atoms with E-state index in [0.29, 0.717) is 58.9 Å². The number of carbonyl (C=O) groups excluding carboxylic acids is 1. The molecule has 0 bridgehead atoms. The molecular formula is C25H28N2O6S. The predicted molar refractivity (Wildman–Crippen MR) is 132 cm³/mol. The van der Waals surface area contributed by atoms with Crippen LogP contribution in [-0.4, -0.2) is 44.5 Å². The Morgan fingerprint density at radius 3 is 2.06 bits per heavy atom. The van der Waals surface area contributed by atoms with Crippen LogP contribution in [0, 0.1) is 12.3 Å². The quantitative estimate of drug-likeness (QED) is 0.400. The number of thiazole rings is 1. The van der Waals surface area contributed by atoms with Crippen LogP contribution in [0.5, 0.6) is 28.7 Å². The number of benzene rings is 2. The highest BCUT2D eigenvalue weighted by atomic mass is 32.1. The molecule has 1 heterocycles. The van der Waals surface area contributed by atoms with Crippen LogP contribution in [0.3, 0.4) is 0 Å². The Morgan fingerprint density at radius 2 is 1.53 bits per heavy atom. The molecule has 3 rings (SSSR count). The fraction of sp³-hybridized carbons (Fsp3) is 0.360. The Hall–Kier alpha value is -3.64. The lowest BCUT2D eigenvalue weighted by Gasteiger charge is -2.16. The average Bonchev–Trinajstić information content (AvgIpc) is 3.16. The van der Waals surface area contributed by atoms with Crippen molar-refractivity contribution in [1.29, 1.82) is 0 Å². The highest BCUT2D eigenvalue weighted by molar-refractivity contribution is 7.16. The van der Waals surface area contributed by atoms with Crippen LogP contribution >= 0.6 is 11.3 Å². The van der Waals surface area contributed by atoms with Gasteiger partial charge in [-0.2, -0.15) is 4.99 Å². The molecule has 0 spiro atoms. The van der Waals surface area contributed by atoms with Gasteiger partial charge in [0.15, 0.2) is 27.8 Å². The molecule has 34 heavy (non-hydrogen) atoms. The highest BCUT2D eigenvalue weighted by Crippen LogP contribution is 2.39. The number of rotatable bonds is 10. The summed E-state index contributed by atoms with van der Waals surface area (Å²) in [6.07, 6.45) is 5.60. The number of fused-ring (bicyclic) bond motifs is 1. The first-order valence-corrected chi connectivity index (χ1v) is 11.7. The van der Waals surface area contributed by atoms with E-state index < -0.39 is 5.91 Å². The number of hydrogen-bond donors (Lipinski definition) is 0. The van der Waals surface area contributed by atoms with Gasteiger partial charge in [0.25, 0.3) is 5.91 Å². The Kier molecular flexibility index (Phi) is 8.44. The fourth-order valence-corrected chi connectivity index (χ4v) is 4.43. The zero-order chi connectivity index (χ0) is 24.7. The first kappa shape index (κ1) is 25.0. The fourth-order valence-electron chi connectivity index (χ4n) is 3.39. The maximum absolute atomic E-state index is 13.2. The largest absolute Gasteiger partial charge is 0.493 e. The van der Waals surface area contributed by atoms with Gasteiger partial charge in [0, 0.05) is 17.7 Å². The minimum Gasteiger partial charge on any atom is -0.493 e. The van der Waals surface area contributed by atoms with E-state index in [4.69, 9.17) is 30.1 Å². The average molecular weight is 485 g/mol. The van der Waals surface area contributed by atoms with Gasteiger partial charge in [-0.05, 0) is 32.9 Å². The van der Waals surface area contributed by atoms with E-state index in [1.807, 2.05) is 32.9 Å². The lowest BCUT2D eigenvalue weighted by molar-refractivity contribution is 0.0996. The van der Waals surface area contributed by atoms with Crippen LogP contribution in [0.25, 0.3) is 10.2 Å². The minimum atomic E-state index is -0.457. The molecular weight excluding hydrogens is 456 g/mol. The molecule has 0 aliphatic heterocycles. The van der Waals surface area contributed by atoms with Gasteiger partial charge in [0.1, 0.15) is 0 Å². The van der Waals surface area contributed by atoms with Crippen LogP contribution in [0.2, 0.25) is 0 Å². The van der Waals surface area contributed by atoms with E-state index in [2.05, 4.69) is 10.9 Å². The summed E-state index contributed by atoms with van der Waals surface area (Å²) in [5, 5.41) is 0. The smallest absolute Gasteiger partial charge is 0.279 e. The molecule has 0 aliphatic carbocycles. The number of amides is 1. The lowest BCUT2D eigenvalue weighted by Crippen LogP contribution is -2.16. The molecule has 0 N–H and O–H groups in total. The molecule has 8 nitrogen and oxygen atoms in total. The van der Waals surface area contributed by atoms with Crippen LogP contribution in [0.4, 0.5) is 0 Å². The van der Waals surface area contributed by atoms with E-state index in [-0.39, 0.29) is 6.54 Å². The second-order valence-corrected chi connectivity index (χ2v) is 7.88. The van der Waals surface area contributed by atoms with E-state index in [9.17, 15) is 4.79 Å². The summed E-state index contributed by atoms with van der Waals surface area (Å²) in [6, 6.07) is 6.90. The summed E-state index contributed by atoms with van der Waals surface area (Å²) < 4.78 is 30.6. The number of hydrogen-bond acceptors (Lipinski definition) is 7. The molecule has 1 amide bonds. The minimum absolute atomic E-state index is 0.235. The van der Waals surface area contributed by atoms with Gasteiger partial charge in [-0.1, -0.05) is 17.3 Å². The van der Waals surface area contributed by atoms with E-state index in [0.717, 1.165) is 10.2 Å². The molecule has 1 aromatic heterocycles. The molecule has 0 unspecified atom stereocenters. The zero-order valence-corrected chi connectivity index (χ0v) is 20.8. The van der Waals surface area contributed by atoms with Crippen LogP contribution in [-0.2, 0) is 6.54 Å². The lowest BCUT2D eigenvalue weighted by atomic mass is 10.1. The Morgan fingerprint density at radius 1 is 0.941 bits per heavy atom. The van der Waals surface area contributed by atoms with Crippen molar-refractivity contribution in [1.82, 2.24) is 4.57 Å². The summed E-state index contributed by atoms with van der Waals surface area (Å²) in [7, 11) is 3.13. The molecule has 180 valence electrons. The monoisotopic (exact) mass is 484 g/mol. The first-order chi connectivity index (χ1) is 16.5. The van der Waals surface area contributed by atoms with Crippen molar-refractivity contribution in [3.8, 4) is 41.1 Å². The Bertz CT molecular complexity index is 1260. The van der Waals surface area contributed by atoms with Crippen molar-refractivity contribution in [3.05, 3.63) is 34.6 Å². The van der Waals surface area contributed by atoms with Crippen molar-refractivity contribution in [2.75, 3.05) is 34.0 Å². The number of aromatic nitrogens is 1. The second-order valence-electron chi connectivity index (χ2n) is 6.87. The number of methoxy groups -OCH3 is 2. The molecule has 3 aromatic rings. The molecule has 0 radical (unpaired) electrons. The van der Waals surface area contributed by atoms with Crippen LogP contribution in [0.15, 0.2) is 29.3 Å². The van der Waals surface area contributed by atoms with Crippen molar-refractivity contribution in [2.24, 2.45) is 4.99 Å². The van der Waals surface area contributed by atoms with Gasteiger partial charge >= 0.3 is 0 Å². The van der Waals surface area contributed by atoms with E-state index in [1.165, 1.54) is 11.3 Å². The van der Waals surface area contributed by atoms with Crippen molar-refractivity contribution >= 4 is 27.5 Å². The summed E-state index contributed by atoms with van der Waals surface area (Å²) in [4.78, 5) is 18.1. The number of ether oxygens (including phenoxy) is 5. The van der Waals surface area contributed by atoms with Crippen molar-refractivity contribution in [3.63, 3.8) is 0 Å². The standard InChI is InChI=1S/C25H28N2O6S/c1-7-11-27-17-14-18(29-5)19(30-6)15-22(17)34-25(27)26-24(28)16-12-20(31-8-2)23(33-10-4)21(13-16)32-9-3/h1,12-15H,8-11H2,2-6H3. The Labute approximate surface area is 202 Å². The highest BCUT2D eigenvalue weighted by Gasteiger charge is 2.19. The second kappa shape index (κ2) is 11.5. The maximum Gasteiger partial charge on any atom is 0.279 e. The molecule has 0 atom stereocenters. The topological polar surface area (TPSA) is 80.5 Å². The maximum atomic E-state index is 13.2. The number of terminal acetylenes is 1. The van der Waals surface area contributed by atoms with Gasteiger partial charge in [-0.25, -0.2) is 0 Å². The third-order valence-electron chi connectivity index (χ3n) is 4.79. The zero-order valence-electron chi connectivity index (χ0n) is 20.0. The molecule has 0 saturated heterocycles. The SMILES string of the molecule is C#CCn1c(=NC(=O)c2cc(OCC)c(OCC)c(OCC)c2)sc2cc(OC)c(OC)cc21. The van der Waals surface area contributed by atoms with Crippen molar-refractivity contribution in [2.45, 2.75) is 27.3 Å². The molecule has 0 saturated carbocycles. The third-order valence-corrected chi connectivity index (χ3v) is 5.83. The van der Waals surface area contributed by atoms with E-state index >= 15 is 0 Å². The van der Waals surface area contributed by atoms with Gasteiger partial charge in [0.05, 0.1) is 50.8 Å². The first-order valence-electron chi connectivity index (χ1n) is 10.8. The van der Waals surface area contributed by atoms with Gasteiger partial charge in [-0.3, -0.25) is 4.79 Å². The van der Waals surface area contributed by atoms with Crippen molar-refractivity contribution < 1.29 is 28.5 Å². The third kappa shape index (κ3) is 5.13.